The summed E-state index contributed by atoms with van der Waals surface area (Å²) < 4.78 is 17.2. The standard InChI is InChI=1S/C25H21N3O4/c1-16-5-2-3-6-20(16)25-28-27-24(32-25)18-9-7-17(8-10-18)23(29)26-19-11-12-21-22(15-19)31-14-4-13-30-21/h2-3,5-12,15H,4,13-14H2,1H3,(H,26,29). The number of anilines is 1. The SMILES string of the molecule is Cc1ccccc1-c1nnc(-c2ccc(C(=O)Nc3ccc4c(c3)OCCCO4)cc2)o1. The highest BCUT2D eigenvalue weighted by molar-refractivity contribution is 6.04. The van der Waals surface area contributed by atoms with Crippen LogP contribution in [0.15, 0.2) is 71.1 Å². The van der Waals surface area contributed by atoms with Gasteiger partial charge in [-0.15, -0.1) is 10.2 Å². The number of benzene rings is 3. The molecule has 0 saturated carbocycles. The van der Waals surface area contributed by atoms with E-state index in [1.165, 1.54) is 0 Å². The van der Waals surface area contributed by atoms with E-state index in [9.17, 15) is 4.79 Å². The summed E-state index contributed by atoms with van der Waals surface area (Å²) in [6.45, 7) is 3.21. The molecule has 0 saturated heterocycles. The lowest BCUT2D eigenvalue weighted by Crippen LogP contribution is -2.11. The molecule has 1 N–H and O–H groups in total. The van der Waals surface area contributed by atoms with Crippen molar-refractivity contribution in [2.45, 2.75) is 13.3 Å². The van der Waals surface area contributed by atoms with Crippen molar-refractivity contribution >= 4 is 11.6 Å². The van der Waals surface area contributed by atoms with Crippen molar-refractivity contribution in [2.24, 2.45) is 0 Å². The predicted molar refractivity (Wildman–Crippen MR) is 120 cm³/mol. The minimum atomic E-state index is -0.225. The van der Waals surface area contributed by atoms with E-state index >= 15 is 0 Å². The van der Waals surface area contributed by atoms with Crippen molar-refractivity contribution < 1.29 is 18.7 Å². The number of nitrogens with zero attached hydrogens (tertiary/aromatic N) is 2. The van der Waals surface area contributed by atoms with Crippen LogP contribution in [0.4, 0.5) is 5.69 Å². The molecule has 1 aliphatic heterocycles. The van der Waals surface area contributed by atoms with Gasteiger partial charge in [-0.3, -0.25) is 4.79 Å². The summed E-state index contributed by atoms with van der Waals surface area (Å²) in [6, 6.07) is 20.3. The molecule has 7 nitrogen and oxygen atoms in total. The largest absolute Gasteiger partial charge is 0.490 e. The number of hydrogen-bond acceptors (Lipinski definition) is 6. The first-order valence-electron chi connectivity index (χ1n) is 10.4. The maximum atomic E-state index is 12.7. The van der Waals surface area contributed by atoms with E-state index in [0.29, 0.717) is 47.7 Å². The smallest absolute Gasteiger partial charge is 0.255 e. The van der Waals surface area contributed by atoms with Crippen LogP contribution in [0.3, 0.4) is 0 Å². The second kappa shape index (κ2) is 8.55. The van der Waals surface area contributed by atoms with Crippen molar-refractivity contribution in [3.63, 3.8) is 0 Å². The van der Waals surface area contributed by atoms with Crippen molar-refractivity contribution in [3.8, 4) is 34.4 Å². The molecule has 1 amide bonds. The number of carbonyl (C=O) groups excluding carboxylic acids is 1. The maximum absolute atomic E-state index is 12.7. The molecule has 1 aliphatic rings. The van der Waals surface area contributed by atoms with Gasteiger partial charge in [0.05, 0.1) is 13.2 Å². The van der Waals surface area contributed by atoms with Gasteiger partial charge in [0.2, 0.25) is 11.8 Å². The molecule has 0 radical (unpaired) electrons. The van der Waals surface area contributed by atoms with E-state index in [4.69, 9.17) is 13.9 Å². The lowest BCUT2D eigenvalue weighted by Gasteiger charge is -2.10. The fraction of sp³-hybridized carbons (Fsp3) is 0.160. The molecule has 1 aromatic heterocycles. The zero-order chi connectivity index (χ0) is 21.9. The number of rotatable bonds is 4. The summed E-state index contributed by atoms with van der Waals surface area (Å²) in [6.07, 6.45) is 0.829. The molecule has 2 heterocycles. The highest BCUT2D eigenvalue weighted by atomic mass is 16.5. The Hall–Kier alpha value is -4.13. The molecule has 0 atom stereocenters. The fourth-order valence-corrected chi connectivity index (χ4v) is 3.47. The summed E-state index contributed by atoms with van der Waals surface area (Å²) in [4.78, 5) is 12.7. The van der Waals surface area contributed by atoms with Crippen molar-refractivity contribution in [2.75, 3.05) is 18.5 Å². The molecule has 0 aliphatic carbocycles. The Morgan fingerprint density at radius 1 is 0.875 bits per heavy atom. The van der Waals surface area contributed by atoms with Crippen LogP contribution in [0.5, 0.6) is 11.5 Å². The Balaban J connectivity index is 1.30. The lowest BCUT2D eigenvalue weighted by atomic mass is 10.1. The average Bonchev–Trinajstić information content (AvgIpc) is 3.18. The third-order valence-electron chi connectivity index (χ3n) is 5.20. The quantitative estimate of drug-likeness (QED) is 0.486. The van der Waals surface area contributed by atoms with Gasteiger partial charge < -0.3 is 19.2 Å². The van der Waals surface area contributed by atoms with Crippen LogP contribution in [0.2, 0.25) is 0 Å². The van der Waals surface area contributed by atoms with Gasteiger partial charge in [0, 0.05) is 34.9 Å². The Morgan fingerprint density at radius 2 is 1.62 bits per heavy atom. The first-order chi connectivity index (χ1) is 15.7. The number of aromatic nitrogens is 2. The Kier molecular flexibility index (Phi) is 5.29. The topological polar surface area (TPSA) is 86.5 Å². The number of aryl methyl sites for hydroxylation is 1. The predicted octanol–water partition coefficient (Wildman–Crippen LogP) is 5.13. The molecule has 4 aromatic rings. The van der Waals surface area contributed by atoms with Crippen LogP contribution < -0.4 is 14.8 Å². The summed E-state index contributed by atoms with van der Waals surface area (Å²) in [5, 5.41) is 11.2. The minimum absolute atomic E-state index is 0.225. The highest BCUT2D eigenvalue weighted by Gasteiger charge is 2.15. The Bertz CT molecular complexity index is 1260. The summed E-state index contributed by atoms with van der Waals surface area (Å²) in [5.41, 5.74) is 3.86. The van der Waals surface area contributed by atoms with Crippen LogP contribution in [-0.4, -0.2) is 29.3 Å². The molecule has 3 aromatic carbocycles. The molecular formula is C25H21N3O4. The molecule has 0 spiro atoms. The number of ether oxygens (including phenoxy) is 2. The van der Waals surface area contributed by atoms with Gasteiger partial charge in [-0.1, -0.05) is 18.2 Å². The second-order valence-electron chi connectivity index (χ2n) is 7.47. The summed E-state index contributed by atoms with van der Waals surface area (Å²) in [7, 11) is 0. The number of amides is 1. The zero-order valence-corrected chi connectivity index (χ0v) is 17.5. The third kappa shape index (κ3) is 4.05. The van der Waals surface area contributed by atoms with Gasteiger partial charge in [-0.25, -0.2) is 0 Å². The van der Waals surface area contributed by atoms with Gasteiger partial charge in [0.1, 0.15) is 0 Å². The second-order valence-corrected chi connectivity index (χ2v) is 7.47. The van der Waals surface area contributed by atoms with E-state index < -0.39 is 0 Å². The Morgan fingerprint density at radius 3 is 2.44 bits per heavy atom. The molecule has 0 unspecified atom stereocenters. The molecule has 5 rings (SSSR count). The van der Waals surface area contributed by atoms with Crippen molar-refractivity contribution in [1.29, 1.82) is 0 Å². The van der Waals surface area contributed by atoms with E-state index in [-0.39, 0.29) is 5.91 Å². The Labute approximate surface area is 185 Å². The normalized spacial score (nSPS) is 12.8. The first-order valence-corrected chi connectivity index (χ1v) is 10.4. The molecule has 7 heteroatoms. The van der Waals surface area contributed by atoms with E-state index in [1.807, 2.05) is 31.2 Å². The van der Waals surface area contributed by atoms with Gasteiger partial charge >= 0.3 is 0 Å². The molecule has 32 heavy (non-hydrogen) atoms. The van der Waals surface area contributed by atoms with Crippen LogP contribution in [0, 0.1) is 6.92 Å². The number of fused-ring (bicyclic) bond motifs is 1. The molecule has 0 bridgehead atoms. The molecule has 0 fully saturated rings. The number of hydrogen-bond donors (Lipinski definition) is 1. The first kappa shape index (κ1) is 19.8. The summed E-state index contributed by atoms with van der Waals surface area (Å²) in [5.74, 6) is 1.97. The van der Waals surface area contributed by atoms with Crippen LogP contribution in [0.25, 0.3) is 22.9 Å². The van der Waals surface area contributed by atoms with Crippen molar-refractivity contribution in [3.05, 3.63) is 77.9 Å². The lowest BCUT2D eigenvalue weighted by molar-refractivity contribution is 0.102. The molecule has 160 valence electrons. The number of carbonyl (C=O) groups is 1. The van der Waals surface area contributed by atoms with Gasteiger partial charge in [0.25, 0.3) is 5.91 Å². The summed E-state index contributed by atoms with van der Waals surface area (Å²) >= 11 is 0. The minimum Gasteiger partial charge on any atom is -0.490 e. The molecular weight excluding hydrogens is 406 g/mol. The van der Waals surface area contributed by atoms with Crippen LogP contribution in [0.1, 0.15) is 22.3 Å². The fourth-order valence-electron chi connectivity index (χ4n) is 3.47. The van der Waals surface area contributed by atoms with E-state index in [2.05, 4.69) is 15.5 Å². The number of nitrogens with one attached hydrogen (secondary N) is 1. The van der Waals surface area contributed by atoms with Gasteiger partial charge in [-0.05, 0) is 55.0 Å². The van der Waals surface area contributed by atoms with E-state index in [1.54, 1.807) is 42.5 Å². The zero-order valence-electron chi connectivity index (χ0n) is 17.5. The maximum Gasteiger partial charge on any atom is 0.255 e. The van der Waals surface area contributed by atoms with Gasteiger partial charge in [0.15, 0.2) is 11.5 Å². The van der Waals surface area contributed by atoms with Crippen LogP contribution >= 0.6 is 0 Å². The third-order valence-corrected chi connectivity index (χ3v) is 5.20. The average molecular weight is 427 g/mol. The van der Waals surface area contributed by atoms with Crippen molar-refractivity contribution in [1.82, 2.24) is 10.2 Å². The monoisotopic (exact) mass is 427 g/mol. The van der Waals surface area contributed by atoms with Gasteiger partial charge in [-0.2, -0.15) is 0 Å². The van der Waals surface area contributed by atoms with Crippen LogP contribution in [-0.2, 0) is 0 Å². The highest BCUT2D eigenvalue weighted by Crippen LogP contribution is 2.32. The van der Waals surface area contributed by atoms with E-state index in [0.717, 1.165) is 23.1 Å².